The lowest BCUT2D eigenvalue weighted by Crippen LogP contribution is -2.38. The van der Waals surface area contributed by atoms with Crippen LogP contribution < -0.4 is 0 Å². The second-order valence-electron chi connectivity index (χ2n) is 5.91. The Labute approximate surface area is 125 Å². The van der Waals surface area contributed by atoms with E-state index in [1.165, 1.54) is 0 Å². The predicted molar refractivity (Wildman–Crippen MR) is 65.0 cm³/mol. The molecule has 7 nitrogen and oxygen atoms in total. The van der Waals surface area contributed by atoms with Gasteiger partial charge < -0.3 is 9.47 Å². The number of ether oxygens (including phenoxy) is 2. The summed E-state index contributed by atoms with van der Waals surface area (Å²) in [5.74, 6) is -7.66. The van der Waals surface area contributed by atoms with Crippen molar-refractivity contribution in [1.82, 2.24) is 0 Å². The molecule has 0 N–H and O–H groups in total. The molecule has 3 fully saturated rings. The van der Waals surface area contributed by atoms with Gasteiger partial charge in [-0.05, 0) is 18.8 Å². The Hall–Kier alpha value is -1.29. The number of halogens is 2. The summed E-state index contributed by atoms with van der Waals surface area (Å²) in [4.78, 5) is 22.9. The van der Waals surface area contributed by atoms with Crippen LogP contribution in [0.1, 0.15) is 19.8 Å². The summed E-state index contributed by atoms with van der Waals surface area (Å²) >= 11 is 0. The first-order valence-electron chi connectivity index (χ1n) is 6.75. The molecule has 3 rings (SSSR count). The molecule has 5 unspecified atom stereocenters. The Morgan fingerprint density at radius 2 is 1.95 bits per heavy atom. The second kappa shape index (κ2) is 4.85. The van der Waals surface area contributed by atoms with Crippen molar-refractivity contribution in [2.45, 2.75) is 37.0 Å². The van der Waals surface area contributed by atoms with Gasteiger partial charge in [-0.25, -0.2) is 4.79 Å². The van der Waals surface area contributed by atoms with Crippen molar-refractivity contribution in [2.75, 3.05) is 6.79 Å². The maximum absolute atomic E-state index is 12.6. The Bertz CT molecular complexity index is 609. The van der Waals surface area contributed by atoms with Gasteiger partial charge in [0.05, 0.1) is 12.0 Å². The number of rotatable bonds is 4. The molecular formula is C12H14F2O7S. The zero-order valence-electron chi connectivity index (χ0n) is 11.5. The molecule has 0 aromatic carbocycles. The normalized spacial score (nSPS) is 38.0. The highest BCUT2D eigenvalue weighted by Gasteiger charge is 2.66. The average molecular weight is 340 g/mol. The van der Waals surface area contributed by atoms with Crippen molar-refractivity contribution in [3.05, 3.63) is 0 Å². The molecule has 1 aliphatic heterocycles. The third-order valence-electron chi connectivity index (χ3n) is 4.48. The van der Waals surface area contributed by atoms with E-state index < -0.39 is 45.9 Å². The molecule has 124 valence electrons. The smallest absolute Gasteiger partial charge is 0.379 e. The van der Waals surface area contributed by atoms with Crippen molar-refractivity contribution in [2.24, 2.45) is 17.8 Å². The molecule has 0 radical (unpaired) electrons. The Morgan fingerprint density at radius 1 is 1.27 bits per heavy atom. The standard InChI is InChI=1S/C12H14F2O7S/c1-12(13,14)11(16)20-4-19-10(15)8-5-2-6-7(3-5)21-22(17,18)9(6)8/h5-9H,2-4H2,1H3. The van der Waals surface area contributed by atoms with E-state index in [0.717, 1.165) is 0 Å². The van der Waals surface area contributed by atoms with E-state index in [1.807, 2.05) is 0 Å². The van der Waals surface area contributed by atoms with Crippen LogP contribution in [0.25, 0.3) is 0 Å². The highest BCUT2D eigenvalue weighted by Crippen LogP contribution is 2.57. The van der Waals surface area contributed by atoms with Crippen LogP contribution in [0.2, 0.25) is 0 Å². The lowest BCUT2D eigenvalue weighted by Gasteiger charge is -2.22. The van der Waals surface area contributed by atoms with Crippen molar-refractivity contribution >= 4 is 22.1 Å². The van der Waals surface area contributed by atoms with Gasteiger partial charge in [-0.2, -0.15) is 17.2 Å². The van der Waals surface area contributed by atoms with E-state index in [0.29, 0.717) is 19.8 Å². The first kappa shape index (κ1) is 15.6. The van der Waals surface area contributed by atoms with Crippen LogP contribution in [0, 0.1) is 17.8 Å². The number of hydrogen-bond donors (Lipinski definition) is 0. The molecule has 1 heterocycles. The van der Waals surface area contributed by atoms with Gasteiger partial charge in [-0.15, -0.1) is 0 Å². The van der Waals surface area contributed by atoms with E-state index in [1.54, 1.807) is 0 Å². The molecule has 1 saturated heterocycles. The number of alkyl halides is 2. The second-order valence-corrected chi connectivity index (χ2v) is 7.64. The molecule has 0 aromatic rings. The van der Waals surface area contributed by atoms with Crippen molar-refractivity contribution in [3.63, 3.8) is 0 Å². The van der Waals surface area contributed by atoms with Gasteiger partial charge in [0.15, 0.2) is 0 Å². The van der Waals surface area contributed by atoms with Crippen LogP contribution in [-0.4, -0.2) is 44.4 Å². The van der Waals surface area contributed by atoms with Crippen molar-refractivity contribution < 1.29 is 40.4 Å². The quantitative estimate of drug-likeness (QED) is 0.416. The first-order valence-corrected chi connectivity index (χ1v) is 8.22. The van der Waals surface area contributed by atoms with Crippen LogP contribution in [-0.2, 0) is 33.4 Å². The molecule has 0 spiro atoms. The van der Waals surface area contributed by atoms with E-state index in [-0.39, 0.29) is 17.9 Å². The third-order valence-corrected chi connectivity index (χ3v) is 6.31. The van der Waals surface area contributed by atoms with Gasteiger partial charge in [0.1, 0.15) is 5.25 Å². The highest BCUT2D eigenvalue weighted by atomic mass is 32.2. The first-order chi connectivity index (χ1) is 10.1. The van der Waals surface area contributed by atoms with E-state index in [4.69, 9.17) is 4.18 Å². The third kappa shape index (κ3) is 2.37. The molecule has 0 aromatic heterocycles. The van der Waals surface area contributed by atoms with Crippen LogP contribution in [0.3, 0.4) is 0 Å². The van der Waals surface area contributed by atoms with Crippen LogP contribution in [0.15, 0.2) is 0 Å². The maximum atomic E-state index is 12.6. The Balaban J connectivity index is 1.61. The topological polar surface area (TPSA) is 96.0 Å². The Morgan fingerprint density at radius 3 is 2.59 bits per heavy atom. The molecule has 2 saturated carbocycles. The van der Waals surface area contributed by atoms with Gasteiger partial charge in [-0.1, -0.05) is 0 Å². The lowest BCUT2D eigenvalue weighted by atomic mass is 9.87. The van der Waals surface area contributed by atoms with Crippen molar-refractivity contribution in [1.29, 1.82) is 0 Å². The fourth-order valence-corrected chi connectivity index (χ4v) is 5.78. The minimum atomic E-state index is -3.82. The molecule has 5 atom stereocenters. The summed E-state index contributed by atoms with van der Waals surface area (Å²) in [7, 11) is -3.82. The summed E-state index contributed by atoms with van der Waals surface area (Å²) in [6.07, 6.45) is 0.634. The largest absolute Gasteiger partial charge is 0.428 e. The predicted octanol–water partition coefficient (Wildman–Crippen LogP) is 0.439. The van der Waals surface area contributed by atoms with Gasteiger partial charge in [-0.3, -0.25) is 8.98 Å². The molecule has 3 aliphatic rings. The average Bonchev–Trinajstić information content (AvgIpc) is 2.97. The molecular weight excluding hydrogens is 326 g/mol. The van der Waals surface area contributed by atoms with E-state index in [9.17, 15) is 26.8 Å². The molecule has 2 bridgehead atoms. The molecule has 10 heteroatoms. The summed E-state index contributed by atoms with van der Waals surface area (Å²) in [5.41, 5.74) is 0. The minimum Gasteiger partial charge on any atom is -0.428 e. The highest BCUT2D eigenvalue weighted by molar-refractivity contribution is 7.87. The summed E-state index contributed by atoms with van der Waals surface area (Å²) in [6, 6.07) is 0. The van der Waals surface area contributed by atoms with Crippen LogP contribution in [0.4, 0.5) is 8.78 Å². The molecule has 2 aliphatic carbocycles. The van der Waals surface area contributed by atoms with Gasteiger partial charge >= 0.3 is 17.9 Å². The van der Waals surface area contributed by atoms with Crippen molar-refractivity contribution in [3.8, 4) is 0 Å². The fraction of sp³-hybridized carbons (Fsp3) is 0.833. The molecule has 22 heavy (non-hydrogen) atoms. The monoisotopic (exact) mass is 340 g/mol. The van der Waals surface area contributed by atoms with Crippen LogP contribution in [0.5, 0.6) is 0 Å². The number of hydrogen-bond acceptors (Lipinski definition) is 7. The minimum absolute atomic E-state index is 0.173. The lowest BCUT2D eigenvalue weighted by molar-refractivity contribution is -0.186. The maximum Gasteiger partial charge on any atom is 0.379 e. The molecule has 0 amide bonds. The zero-order valence-corrected chi connectivity index (χ0v) is 12.3. The number of carbonyl (C=O) groups excluding carboxylic acids is 2. The van der Waals surface area contributed by atoms with E-state index in [2.05, 4.69) is 9.47 Å². The van der Waals surface area contributed by atoms with Gasteiger partial charge in [0, 0.05) is 12.8 Å². The van der Waals surface area contributed by atoms with Gasteiger partial charge in [0.25, 0.3) is 10.1 Å². The summed E-state index contributed by atoms with van der Waals surface area (Å²) in [5, 5.41) is -0.952. The number of fused-ring (bicyclic) bond motifs is 1. The zero-order chi connectivity index (χ0) is 16.3. The van der Waals surface area contributed by atoms with Crippen LogP contribution >= 0.6 is 0 Å². The summed E-state index contributed by atoms with van der Waals surface area (Å²) < 4.78 is 62.7. The SMILES string of the molecule is CC(F)(F)C(=O)OCOC(=O)C1C2CC3OS(=O)(=O)C1C3C2. The summed E-state index contributed by atoms with van der Waals surface area (Å²) in [6.45, 7) is -0.609. The van der Waals surface area contributed by atoms with Gasteiger partial charge in [0.2, 0.25) is 6.79 Å². The fourth-order valence-electron chi connectivity index (χ4n) is 3.68. The number of esters is 2. The van der Waals surface area contributed by atoms with E-state index >= 15 is 0 Å². The number of carbonyl (C=O) groups is 2. The Kier molecular flexibility index (Phi) is 3.44.